The maximum Gasteiger partial charge on any atom is 0.00722 e. The number of rotatable bonds is 5. The van der Waals surface area contributed by atoms with Gasteiger partial charge in [0.25, 0.3) is 0 Å². The van der Waals surface area contributed by atoms with E-state index in [-0.39, 0.29) is 0 Å². The lowest BCUT2D eigenvalue weighted by Gasteiger charge is -2.32. The summed E-state index contributed by atoms with van der Waals surface area (Å²) in [6.45, 7) is 2.40. The van der Waals surface area contributed by atoms with E-state index in [0.29, 0.717) is 0 Å². The third-order valence-corrected chi connectivity index (χ3v) is 4.91. The Morgan fingerprint density at radius 3 is 2.50 bits per heavy atom. The van der Waals surface area contributed by atoms with Crippen LogP contribution in [0.3, 0.4) is 0 Å². The van der Waals surface area contributed by atoms with Gasteiger partial charge in [-0.05, 0) is 56.8 Å². The van der Waals surface area contributed by atoms with E-state index in [1.54, 1.807) is 0 Å². The Morgan fingerprint density at radius 2 is 1.81 bits per heavy atom. The summed E-state index contributed by atoms with van der Waals surface area (Å²) in [6, 6.07) is 1.63. The summed E-state index contributed by atoms with van der Waals surface area (Å²) in [4.78, 5) is 0. The summed E-state index contributed by atoms with van der Waals surface area (Å²) in [6.07, 6.45) is 13.4. The molecule has 16 heavy (non-hydrogen) atoms. The van der Waals surface area contributed by atoms with Crippen LogP contribution in [0, 0.1) is 17.8 Å². The predicted molar refractivity (Wildman–Crippen MR) is 68.4 cm³/mol. The van der Waals surface area contributed by atoms with Crippen molar-refractivity contribution < 1.29 is 0 Å². The molecule has 0 heterocycles. The first-order valence-electron chi connectivity index (χ1n) is 7.57. The fourth-order valence-corrected chi connectivity index (χ4v) is 3.70. The van der Waals surface area contributed by atoms with Gasteiger partial charge >= 0.3 is 0 Å². The molecule has 0 aliphatic heterocycles. The van der Waals surface area contributed by atoms with Crippen LogP contribution in [-0.4, -0.2) is 12.1 Å². The van der Waals surface area contributed by atoms with Crippen LogP contribution in [0.1, 0.15) is 64.7 Å². The van der Waals surface area contributed by atoms with Crippen molar-refractivity contribution in [1.82, 2.24) is 5.32 Å². The van der Waals surface area contributed by atoms with Gasteiger partial charge in [-0.3, -0.25) is 0 Å². The average Bonchev–Trinajstić information content (AvgIpc) is 3.13. The zero-order valence-electron chi connectivity index (χ0n) is 10.8. The summed E-state index contributed by atoms with van der Waals surface area (Å²) < 4.78 is 0. The third kappa shape index (κ3) is 3.00. The molecule has 0 aromatic rings. The van der Waals surface area contributed by atoms with Gasteiger partial charge in [0, 0.05) is 12.1 Å². The molecule has 0 saturated heterocycles. The van der Waals surface area contributed by atoms with Crippen LogP contribution in [0.2, 0.25) is 0 Å². The van der Waals surface area contributed by atoms with Crippen molar-refractivity contribution in [3.8, 4) is 0 Å². The molecule has 3 fully saturated rings. The highest BCUT2D eigenvalue weighted by atomic mass is 14.9. The highest BCUT2D eigenvalue weighted by Gasteiger charge is 2.35. The standard InChI is InChI=1S/C15H27N/c1-11(9-12-5-6-12)16-15-4-2-3-14(10-15)13-7-8-13/h11-16H,2-10H2,1H3. The molecular weight excluding hydrogens is 194 g/mol. The Bertz CT molecular complexity index is 230. The maximum absolute atomic E-state index is 3.90. The van der Waals surface area contributed by atoms with E-state index in [1.165, 1.54) is 57.8 Å². The average molecular weight is 221 g/mol. The first kappa shape index (κ1) is 11.1. The van der Waals surface area contributed by atoms with Gasteiger partial charge in [-0.2, -0.15) is 0 Å². The van der Waals surface area contributed by atoms with Crippen molar-refractivity contribution in [2.45, 2.75) is 76.8 Å². The topological polar surface area (TPSA) is 12.0 Å². The Labute approximate surface area is 100 Å². The largest absolute Gasteiger partial charge is 0.311 e. The summed E-state index contributed by atoms with van der Waals surface area (Å²) >= 11 is 0. The molecule has 0 aromatic carbocycles. The van der Waals surface area contributed by atoms with Gasteiger partial charge in [-0.25, -0.2) is 0 Å². The van der Waals surface area contributed by atoms with E-state index in [2.05, 4.69) is 12.2 Å². The molecule has 1 N–H and O–H groups in total. The molecule has 0 radical (unpaired) electrons. The van der Waals surface area contributed by atoms with Crippen LogP contribution < -0.4 is 5.32 Å². The van der Waals surface area contributed by atoms with Gasteiger partial charge in [-0.15, -0.1) is 0 Å². The van der Waals surface area contributed by atoms with Crippen LogP contribution >= 0.6 is 0 Å². The molecule has 3 aliphatic rings. The fraction of sp³-hybridized carbons (Fsp3) is 1.00. The van der Waals surface area contributed by atoms with E-state index in [9.17, 15) is 0 Å². The Morgan fingerprint density at radius 1 is 1.00 bits per heavy atom. The molecule has 1 heteroatoms. The van der Waals surface area contributed by atoms with Crippen LogP contribution in [-0.2, 0) is 0 Å². The van der Waals surface area contributed by atoms with E-state index in [0.717, 1.165) is 29.8 Å². The second-order valence-corrected chi connectivity index (χ2v) is 6.71. The van der Waals surface area contributed by atoms with Crippen molar-refractivity contribution in [3.63, 3.8) is 0 Å². The van der Waals surface area contributed by atoms with Gasteiger partial charge < -0.3 is 5.32 Å². The van der Waals surface area contributed by atoms with Gasteiger partial charge in [-0.1, -0.05) is 25.7 Å². The molecule has 92 valence electrons. The number of nitrogens with one attached hydrogen (secondary N) is 1. The molecule has 3 aliphatic carbocycles. The molecule has 0 amide bonds. The van der Waals surface area contributed by atoms with E-state index < -0.39 is 0 Å². The van der Waals surface area contributed by atoms with Gasteiger partial charge in [0.1, 0.15) is 0 Å². The molecule has 3 rings (SSSR count). The number of hydrogen-bond acceptors (Lipinski definition) is 1. The molecule has 3 saturated carbocycles. The molecular formula is C15H27N. The minimum atomic E-state index is 0.774. The molecule has 0 spiro atoms. The smallest absolute Gasteiger partial charge is 0.00722 e. The predicted octanol–water partition coefficient (Wildman–Crippen LogP) is 3.73. The van der Waals surface area contributed by atoms with E-state index in [4.69, 9.17) is 0 Å². The normalized spacial score (nSPS) is 37.3. The molecule has 3 unspecified atom stereocenters. The van der Waals surface area contributed by atoms with Crippen molar-refractivity contribution in [2.24, 2.45) is 17.8 Å². The Hall–Kier alpha value is -0.0400. The first-order chi connectivity index (χ1) is 7.81. The zero-order valence-corrected chi connectivity index (χ0v) is 10.8. The molecule has 0 aromatic heterocycles. The van der Waals surface area contributed by atoms with Crippen molar-refractivity contribution in [2.75, 3.05) is 0 Å². The highest BCUT2D eigenvalue weighted by molar-refractivity contribution is 4.89. The second kappa shape index (κ2) is 4.68. The van der Waals surface area contributed by atoms with Gasteiger partial charge in [0.15, 0.2) is 0 Å². The lowest BCUT2D eigenvalue weighted by Crippen LogP contribution is -2.40. The molecule has 1 nitrogen and oxygen atoms in total. The Kier molecular flexibility index (Phi) is 3.24. The first-order valence-corrected chi connectivity index (χ1v) is 7.57. The number of hydrogen-bond donors (Lipinski definition) is 1. The molecule has 3 atom stereocenters. The van der Waals surface area contributed by atoms with Crippen molar-refractivity contribution in [1.29, 1.82) is 0 Å². The van der Waals surface area contributed by atoms with Gasteiger partial charge in [0.2, 0.25) is 0 Å². The van der Waals surface area contributed by atoms with Gasteiger partial charge in [0.05, 0.1) is 0 Å². The van der Waals surface area contributed by atoms with Crippen molar-refractivity contribution in [3.05, 3.63) is 0 Å². The lowest BCUT2D eigenvalue weighted by molar-refractivity contribution is 0.244. The fourth-order valence-electron chi connectivity index (χ4n) is 3.70. The summed E-state index contributed by atoms with van der Waals surface area (Å²) in [5.74, 6) is 3.29. The van der Waals surface area contributed by atoms with E-state index in [1.807, 2.05) is 0 Å². The Balaban J connectivity index is 1.42. The van der Waals surface area contributed by atoms with Crippen LogP contribution in [0.15, 0.2) is 0 Å². The summed E-state index contributed by atoms with van der Waals surface area (Å²) in [5, 5.41) is 3.90. The third-order valence-electron chi connectivity index (χ3n) is 4.91. The second-order valence-electron chi connectivity index (χ2n) is 6.71. The minimum absolute atomic E-state index is 0.774. The van der Waals surface area contributed by atoms with Crippen LogP contribution in [0.5, 0.6) is 0 Å². The quantitative estimate of drug-likeness (QED) is 0.746. The lowest BCUT2D eigenvalue weighted by atomic mass is 9.82. The summed E-state index contributed by atoms with van der Waals surface area (Å²) in [7, 11) is 0. The SMILES string of the molecule is CC(CC1CC1)NC1CCCC(C2CC2)C1. The van der Waals surface area contributed by atoms with Crippen LogP contribution in [0.25, 0.3) is 0 Å². The van der Waals surface area contributed by atoms with Crippen LogP contribution in [0.4, 0.5) is 0 Å². The van der Waals surface area contributed by atoms with Crippen molar-refractivity contribution >= 4 is 0 Å². The minimum Gasteiger partial charge on any atom is -0.311 e. The maximum atomic E-state index is 3.90. The summed E-state index contributed by atoms with van der Waals surface area (Å²) in [5.41, 5.74) is 0. The zero-order chi connectivity index (χ0) is 11.0. The monoisotopic (exact) mass is 221 g/mol. The van der Waals surface area contributed by atoms with E-state index >= 15 is 0 Å². The molecule has 0 bridgehead atoms. The highest BCUT2D eigenvalue weighted by Crippen LogP contribution is 2.44.